The molecule has 1 heterocycles. The number of amides is 2. The van der Waals surface area contributed by atoms with Crippen molar-refractivity contribution >= 4 is 38.6 Å². The first-order valence-electron chi connectivity index (χ1n) is 5.71. The Morgan fingerprint density at radius 1 is 1.33 bits per heavy atom. The number of hydrogen-bond donors (Lipinski definition) is 2. The van der Waals surface area contributed by atoms with Crippen molar-refractivity contribution in [3.05, 3.63) is 24.0 Å². The summed E-state index contributed by atoms with van der Waals surface area (Å²) in [7, 11) is -3.68. The van der Waals surface area contributed by atoms with Gasteiger partial charge >= 0.3 is 16.1 Å². The Balaban J connectivity index is 2.59. The summed E-state index contributed by atoms with van der Waals surface area (Å²) >= 11 is 0. The standard InChI is InChI=1S/C12H12N2O6S/c1-6(15)11-10(14-12(13)16)8-4-3-7(5-9(8)19-11)20-21(2,17)18/h3-5H,1-2H3,(H3,13,14,16). The average Bonchev–Trinajstić information content (AvgIpc) is 2.64. The SMILES string of the molecule is CC(=O)c1oc2cc(OS(C)(=O)=O)ccc2c1NC(N)=O. The van der Waals surface area contributed by atoms with Gasteiger partial charge in [0.05, 0.1) is 6.26 Å². The van der Waals surface area contributed by atoms with E-state index in [1.807, 2.05) is 0 Å². The van der Waals surface area contributed by atoms with Gasteiger partial charge in [-0.05, 0) is 12.1 Å². The number of fused-ring (bicyclic) bond motifs is 1. The lowest BCUT2D eigenvalue weighted by Crippen LogP contribution is -2.20. The number of urea groups is 1. The molecule has 8 nitrogen and oxygen atoms in total. The lowest BCUT2D eigenvalue weighted by Gasteiger charge is -2.02. The molecule has 21 heavy (non-hydrogen) atoms. The summed E-state index contributed by atoms with van der Waals surface area (Å²) < 4.78 is 32.2. The van der Waals surface area contributed by atoms with Gasteiger partial charge in [0.25, 0.3) is 0 Å². The summed E-state index contributed by atoms with van der Waals surface area (Å²) in [5.41, 5.74) is 5.37. The predicted molar refractivity (Wildman–Crippen MR) is 74.9 cm³/mol. The van der Waals surface area contributed by atoms with Crippen LogP contribution in [0.25, 0.3) is 11.0 Å². The van der Waals surface area contributed by atoms with Gasteiger partial charge in [-0.15, -0.1) is 0 Å². The van der Waals surface area contributed by atoms with Crippen LogP contribution in [0.1, 0.15) is 17.5 Å². The number of furan rings is 1. The maximum absolute atomic E-state index is 11.5. The van der Waals surface area contributed by atoms with E-state index in [0.717, 1.165) is 6.26 Å². The van der Waals surface area contributed by atoms with E-state index in [2.05, 4.69) is 5.32 Å². The molecule has 2 aromatic rings. The molecule has 0 spiro atoms. The van der Waals surface area contributed by atoms with Crippen LogP contribution in [0.3, 0.4) is 0 Å². The van der Waals surface area contributed by atoms with Crippen molar-refractivity contribution in [2.45, 2.75) is 6.92 Å². The molecule has 0 aliphatic rings. The van der Waals surface area contributed by atoms with Gasteiger partial charge in [-0.2, -0.15) is 8.42 Å². The van der Waals surface area contributed by atoms with Crippen LogP contribution >= 0.6 is 0 Å². The number of nitrogens with two attached hydrogens (primary N) is 1. The fourth-order valence-corrected chi connectivity index (χ4v) is 2.25. The highest BCUT2D eigenvalue weighted by molar-refractivity contribution is 7.86. The molecule has 0 aliphatic carbocycles. The van der Waals surface area contributed by atoms with Crippen molar-refractivity contribution in [3.8, 4) is 5.75 Å². The van der Waals surface area contributed by atoms with Crippen LogP contribution in [0.5, 0.6) is 5.75 Å². The van der Waals surface area contributed by atoms with E-state index in [1.54, 1.807) is 0 Å². The normalized spacial score (nSPS) is 11.3. The van der Waals surface area contributed by atoms with Crippen LogP contribution in [0, 0.1) is 0 Å². The molecule has 0 bridgehead atoms. The number of ketones is 1. The number of hydrogen-bond acceptors (Lipinski definition) is 6. The van der Waals surface area contributed by atoms with Crippen LogP contribution in [0.2, 0.25) is 0 Å². The van der Waals surface area contributed by atoms with Crippen LogP contribution in [0.15, 0.2) is 22.6 Å². The molecule has 0 atom stereocenters. The molecular formula is C12H12N2O6S. The summed E-state index contributed by atoms with van der Waals surface area (Å²) in [6, 6.07) is 3.28. The zero-order valence-corrected chi connectivity index (χ0v) is 12.0. The van der Waals surface area contributed by atoms with E-state index < -0.39 is 21.9 Å². The molecule has 2 rings (SSSR count). The van der Waals surface area contributed by atoms with Crippen molar-refractivity contribution in [3.63, 3.8) is 0 Å². The molecule has 0 unspecified atom stereocenters. The molecule has 3 N–H and O–H groups in total. The molecule has 2 amide bonds. The number of rotatable bonds is 4. The van der Waals surface area contributed by atoms with Crippen LogP contribution in [-0.4, -0.2) is 26.5 Å². The summed E-state index contributed by atoms with van der Waals surface area (Å²) in [4.78, 5) is 22.5. The van der Waals surface area contributed by atoms with E-state index >= 15 is 0 Å². The second-order valence-electron chi connectivity index (χ2n) is 4.30. The van der Waals surface area contributed by atoms with Gasteiger partial charge in [-0.25, -0.2) is 4.79 Å². The first-order chi connectivity index (χ1) is 9.67. The topological polar surface area (TPSA) is 129 Å². The van der Waals surface area contributed by atoms with Crippen molar-refractivity contribution < 1.29 is 26.6 Å². The third-order valence-electron chi connectivity index (χ3n) is 2.48. The summed E-state index contributed by atoms with van der Waals surface area (Å²) in [5, 5.41) is 2.71. The Labute approximate surface area is 120 Å². The maximum Gasteiger partial charge on any atom is 0.316 e. The summed E-state index contributed by atoms with van der Waals surface area (Å²) in [5.74, 6) is -0.472. The quantitative estimate of drug-likeness (QED) is 0.649. The minimum atomic E-state index is -3.68. The van der Waals surface area contributed by atoms with E-state index in [0.29, 0.717) is 5.39 Å². The van der Waals surface area contributed by atoms with Gasteiger partial charge in [-0.3, -0.25) is 4.79 Å². The molecular weight excluding hydrogens is 300 g/mol. The van der Waals surface area contributed by atoms with Crippen molar-refractivity contribution in [2.75, 3.05) is 11.6 Å². The zero-order valence-electron chi connectivity index (χ0n) is 11.2. The lowest BCUT2D eigenvalue weighted by molar-refractivity contribution is 0.0990. The Morgan fingerprint density at radius 2 is 2.00 bits per heavy atom. The zero-order chi connectivity index (χ0) is 15.8. The number of Topliss-reactive ketones (excluding diaryl/α,β-unsaturated/α-hetero) is 1. The molecule has 112 valence electrons. The number of benzene rings is 1. The highest BCUT2D eigenvalue weighted by atomic mass is 32.2. The van der Waals surface area contributed by atoms with Crippen molar-refractivity contribution in [2.24, 2.45) is 5.73 Å². The monoisotopic (exact) mass is 312 g/mol. The molecule has 0 saturated carbocycles. The predicted octanol–water partition coefficient (Wildman–Crippen LogP) is 1.46. The van der Waals surface area contributed by atoms with Gasteiger partial charge in [0, 0.05) is 18.4 Å². The number of primary amides is 1. The van der Waals surface area contributed by atoms with Crippen LogP contribution in [0.4, 0.5) is 10.5 Å². The first-order valence-corrected chi connectivity index (χ1v) is 7.52. The fourth-order valence-electron chi connectivity index (χ4n) is 1.80. The Kier molecular flexibility index (Phi) is 3.60. The Hall–Kier alpha value is -2.55. The first kappa shape index (κ1) is 14.9. The van der Waals surface area contributed by atoms with Gasteiger partial charge in [0.2, 0.25) is 0 Å². The summed E-state index contributed by atoms with van der Waals surface area (Å²) in [6.07, 6.45) is 0.903. The minimum absolute atomic E-state index is 0.0273. The smallest absolute Gasteiger partial charge is 0.316 e. The van der Waals surface area contributed by atoms with Crippen LogP contribution < -0.4 is 15.2 Å². The highest BCUT2D eigenvalue weighted by Crippen LogP contribution is 2.33. The van der Waals surface area contributed by atoms with E-state index in [1.165, 1.54) is 25.1 Å². The Bertz CT molecular complexity index is 837. The molecule has 0 fully saturated rings. The average molecular weight is 312 g/mol. The van der Waals surface area contributed by atoms with Gasteiger partial charge in [-0.1, -0.05) is 0 Å². The van der Waals surface area contributed by atoms with Crippen molar-refractivity contribution in [1.29, 1.82) is 0 Å². The van der Waals surface area contributed by atoms with Crippen molar-refractivity contribution in [1.82, 2.24) is 0 Å². The third kappa shape index (κ3) is 3.31. The number of anilines is 1. The van der Waals surface area contributed by atoms with Gasteiger partial charge in [0.1, 0.15) is 17.0 Å². The van der Waals surface area contributed by atoms with Gasteiger partial charge < -0.3 is 19.7 Å². The van der Waals surface area contributed by atoms with E-state index in [4.69, 9.17) is 14.3 Å². The highest BCUT2D eigenvalue weighted by Gasteiger charge is 2.19. The minimum Gasteiger partial charge on any atom is -0.451 e. The van der Waals surface area contributed by atoms with Gasteiger partial charge in [0.15, 0.2) is 11.5 Å². The molecule has 0 aliphatic heterocycles. The second kappa shape index (κ2) is 5.09. The lowest BCUT2D eigenvalue weighted by atomic mass is 10.2. The van der Waals surface area contributed by atoms with E-state index in [-0.39, 0.29) is 22.8 Å². The van der Waals surface area contributed by atoms with Crippen LogP contribution in [-0.2, 0) is 10.1 Å². The Morgan fingerprint density at radius 3 is 2.52 bits per heavy atom. The second-order valence-corrected chi connectivity index (χ2v) is 5.87. The summed E-state index contributed by atoms with van der Waals surface area (Å²) in [6.45, 7) is 1.26. The number of carbonyl (C=O) groups is 2. The third-order valence-corrected chi connectivity index (χ3v) is 2.97. The molecule has 9 heteroatoms. The number of carbonyl (C=O) groups excluding carboxylic acids is 2. The van der Waals surface area contributed by atoms with E-state index in [9.17, 15) is 18.0 Å². The fraction of sp³-hybridized carbons (Fsp3) is 0.167. The molecule has 1 aromatic heterocycles. The largest absolute Gasteiger partial charge is 0.451 e. The maximum atomic E-state index is 11.5. The molecule has 1 aromatic carbocycles. The molecule has 0 saturated heterocycles. The molecule has 0 radical (unpaired) electrons. The number of nitrogens with one attached hydrogen (secondary N) is 1.